The lowest BCUT2D eigenvalue weighted by molar-refractivity contribution is 0.0829. The van der Waals surface area contributed by atoms with Crippen LogP contribution in [0.15, 0.2) is 79.0 Å². The van der Waals surface area contributed by atoms with E-state index in [1.165, 1.54) is 11.4 Å². The van der Waals surface area contributed by atoms with Crippen LogP contribution in [0.5, 0.6) is 0 Å². The Balaban J connectivity index is 1.72. The second kappa shape index (κ2) is 13.2. The number of nitrogens with one attached hydrogen (secondary N) is 2. The largest absolute Gasteiger partial charge is 0.390 e. The molecule has 36 heavy (non-hydrogen) atoms. The zero-order valence-electron chi connectivity index (χ0n) is 20.7. The van der Waals surface area contributed by atoms with Gasteiger partial charge >= 0.3 is 0 Å². The van der Waals surface area contributed by atoms with Gasteiger partial charge in [0.1, 0.15) is 0 Å². The average molecular weight is 511 g/mol. The number of nitrogens with zero attached hydrogens (tertiary/aromatic N) is 2. The highest BCUT2D eigenvalue weighted by molar-refractivity contribution is 7.92. The van der Waals surface area contributed by atoms with Crippen LogP contribution in [0.2, 0.25) is 0 Å². The second-order valence-corrected chi connectivity index (χ2v) is 10.7. The number of hydrogen-bond donors (Lipinski definition) is 3. The molecule has 9 heteroatoms. The molecule has 0 aliphatic carbocycles. The van der Waals surface area contributed by atoms with Crippen LogP contribution >= 0.6 is 0 Å². The highest BCUT2D eigenvalue weighted by Gasteiger charge is 2.23. The van der Waals surface area contributed by atoms with Crippen LogP contribution < -0.4 is 14.9 Å². The number of rotatable bonds is 13. The molecule has 3 aromatic rings. The smallest absolute Gasteiger partial charge is 0.251 e. The third-order valence-corrected chi connectivity index (χ3v) is 7.79. The number of aliphatic hydroxyl groups is 1. The van der Waals surface area contributed by atoms with Crippen LogP contribution in [-0.2, 0) is 23.0 Å². The first-order valence-electron chi connectivity index (χ1n) is 12.0. The molecule has 0 aliphatic rings. The van der Waals surface area contributed by atoms with Gasteiger partial charge in [0.2, 0.25) is 10.0 Å². The van der Waals surface area contributed by atoms with Crippen molar-refractivity contribution in [1.29, 1.82) is 0 Å². The molecule has 0 saturated carbocycles. The molecule has 2 aromatic carbocycles. The molecule has 0 fully saturated rings. The molecule has 1 heterocycles. The van der Waals surface area contributed by atoms with Gasteiger partial charge in [-0.2, -0.15) is 0 Å². The molecule has 0 spiro atoms. The fourth-order valence-corrected chi connectivity index (χ4v) is 5.02. The van der Waals surface area contributed by atoms with Crippen LogP contribution in [0.4, 0.5) is 5.69 Å². The van der Waals surface area contributed by atoms with E-state index >= 15 is 0 Å². The number of benzene rings is 2. The molecule has 3 rings (SSSR count). The van der Waals surface area contributed by atoms with Crippen molar-refractivity contribution in [3.63, 3.8) is 0 Å². The monoisotopic (exact) mass is 510 g/mol. The van der Waals surface area contributed by atoms with Crippen molar-refractivity contribution in [3.8, 4) is 0 Å². The Morgan fingerprint density at radius 3 is 2.50 bits per heavy atom. The van der Waals surface area contributed by atoms with Crippen LogP contribution in [0, 0.1) is 0 Å². The molecule has 8 nitrogen and oxygen atoms in total. The molecular weight excluding hydrogens is 476 g/mol. The number of carbonyl (C=O) groups excluding carboxylic acids is 1. The van der Waals surface area contributed by atoms with Crippen molar-refractivity contribution in [2.45, 2.75) is 38.5 Å². The van der Waals surface area contributed by atoms with Crippen molar-refractivity contribution >= 4 is 21.6 Å². The van der Waals surface area contributed by atoms with Crippen LogP contribution in [0.3, 0.4) is 0 Å². The van der Waals surface area contributed by atoms with Gasteiger partial charge in [-0.05, 0) is 48.7 Å². The Kier molecular flexibility index (Phi) is 9.98. The minimum absolute atomic E-state index is 0.0246. The van der Waals surface area contributed by atoms with Crippen molar-refractivity contribution in [1.82, 2.24) is 15.6 Å². The SMILES string of the molecule is CCCS(=O)(=O)N(C)c1cccc(C(=O)N[C@@H](Cc2ccccc2)[C@H](O)CNCc2ccccn2)c1. The highest BCUT2D eigenvalue weighted by Crippen LogP contribution is 2.19. The number of pyridine rings is 1. The molecule has 0 bridgehead atoms. The van der Waals surface area contributed by atoms with Crippen LogP contribution in [-0.4, -0.2) is 55.9 Å². The molecular formula is C27H34N4O4S. The number of hydrogen-bond acceptors (Lipinski definition) is 6. The summed E-state index contributed by atoms with van der Waals surface area (Å²) in [5.74, 6) is -0.362. The Morgan fingerprint density at radius 2 is 1.81 bits per heavy atom. The first kappa shape index (κ1) is 27.3. The Morgan fingerprint density at radius 1 is 1.06 bits per heavy atom. The Bertz CT molecular complexity index is 1210. The topological polar surface area (TPSA) is 112 Å². The number of anilines is 1. The first-order valence-corrected chi connectivity index (χ1v) is 13.6. The number of carbonyl (C=O) groups is 1. The van der Waals surface area contributed by atoms with Gasteiger partial charge < -0.3 is 15.7 Å². The van der Waals surface area contributed by atoms with E-state index in [9.17, 15) is 18.3 Å². The summed E-state index contributed by atoms with van der Waals surface area (Å²) in [4.78, 5) is 17.4. The number of sulfonamides is 1. The number of amides is 1. The van der Waals surface area contributed by atoms with E-state index in [0.717, 1.165) is 11.3 Å². The van der Waals surface area contributed by atoms with Gasteiger partial charge in [-0.25, -0.2) is 8.42 Å². The Hall–Kier alpha value is -3.27. The van der Waals surface area contributed by atoms with E-state index < -0.39 is 22.2 Å². The summed E-state index contributed by atoms with van der Waals surface area (Å²) >= 11 is 0. The molecule has 2 atom stereocenters. The van der Waals surface area contributed by atoms with Gasteiger partial charge in [0.25, 0.3) is 5.91 Å². The predicted octanol–water partition coefficient (Wildman–Crippen LogP) is 2.75. The lowest BCUT2D eigenvalue weighted by Crippen LogP contribution is -2.48. The summed E-state index contributed by atoms with van der Waals surface area (Å²) in [6.07, 6.45) is 1.78. The molecule has 1 amide bonds. The minimum atomic E-state index is -3.47. The number of aliphatic hydroxyl groups excluding tert-OH is 1. The standard InChI is InChI=1S/C27H34N4O4S/c1-3-16-36(34,35)31(2)24-14-9-12-22(18-24)27(33)30-25(17-21-10-5-4-6-11-21)26(32)20-28-19-23-13-7-8-15-29-23/h4-15,18,25-26,28,32H,3,16-17,19-20H2,1-2H3,(H,30,33)/t25-,26+/m0/s1. The number of aromatic nitrogens is 1. The van der Waals surface area contributed by atoms with Crippen molar-refractivity contribution in [2.24, 2.45) is 0 Å². The summed E-state index contributed by atoms with van der Waals surface area (Å²) in [7, 11) is -1.98. The van der Waals surface area contributed by atoms with Gasteiger partial charge in [0.05, 0.1) is 29.3 Å². The van der Waals surface area contributed by atoms with Crippen molar-refractivity contribution in [3.05, 3.63) is 95.8 Å². The molecule has 0 unspecified atom stereocenters. The lowest BCUT2D eigenvalue weighted by Gasteiger charge is -2.25. The van der Waals surface area contributed by atoms with E-state index in [2.05, 4.69) is 15.6 Å². The summed E-state index contributed by atoms with van der Waals surface area (Å²) in [5.41, 5.74) is 2.56. The molecule has 192 valence electrons. The van der Waals surface area contributed by atoms with Crippen LogP contribution in [0.1, 0.15) is 35.0 Å². The maximum Gasteiger partial charge on any atom is 0.251 e. The summed E-state index contributed by atoms with van der Waals surface area (Å²) in [6.45, 7) is 2.55. The average Bonchev–Trinajstić information content (AvgIpc) is 2.89. The predicted molar refractivity (Wildman–Crippen MR) is 142 cm³/mol. The van der Waals surface area contributed by atoms with Gasteiger partial charge in [0.15, 0.2) is 0 Å². The van der Waals surface area contributed by atoms with E-state index in [1.54, 1.807) is 37.4 Å². The zero-order valence-corrected chi connectivity index (χ0v) is 21.5. The maximum atomic E-state index is 13.2. The third-order valence-electron chi connectivity index (χ3n) is 5.82. The Labute approximate surface area is 213 Å². The second-order valence-electron chi connectivity index (χ2n) is 8.62. The van der Waals surface area contributed by atoms with E-state index in [4.69, 9.17) is 0 Å². The molecule has 1 aromatic heterocycles. The fourth-order valence-electron chi connectivity index (χ4n) is 3.79. The zero-order chi connectivity index (χ0) is 26.0. The summed E-state index contributed by atoms with van der Waals surface area (Å²) < 4.78 is 26.1. The maximum absolute atomic E-state index is 13.2. The lowest BCUT2D eigenvalue weighted by atomic mass is 10.0. The van der Waals surface area contributed by atoms with Gasteiger partial charge in [-0.15, -0.1) is 0 Å². The molecule has 0 aliphatic heterocycles. The third kappa shape index (κ3) is 7.87. The van der Waals surface area contributed by atoms with E-state index in [0.29, 0.717) is 30.6 Å². The van der Waals surface area contributed by atoms with Gasteiger partial charge in [-0.1, -0.05) is 49.4 Å². The van der Waals surface area contributed by atoms with Gasteiger partial charge in [-0.3, -0.25) is 14.1 Å². The highest BCUT2D eigenvalue weighted by atomic mass is 32.2. The van der Waals surface area contributed by atoms with Crippen molar-refractivity contribution in [2.75, 3.05) is 23.7 Å². The van der Waals surface area contributed by atoms with Crippen LogP contribution in [0.25, 0.3) is 0 Å². The first-order chi connectivity index (χ1) is 17.3. The van der Waals surface area contributed by atoms with Crippen molar-refractivity contribution < 1.29 is 18.3 Å². The molecule has 3 N–H and O–H groups in total. The van der Waals surface area contributed by atoms with E-state index in [1.807, 2.05) is 48.5 Å². The summed E-state index contributed by atoms with van der Waals surface area (Å²) in [6, 6.07) is 21.2. The van der Waals surface area contributed by atoms with Gasteiger partial charge in [0, 0.05) is 31.9 Å². The molecule has 0 saturated heterocycles. The minimum Gasteiger partial charge on any atom is -0.390 e. The quantitative estimate of drug-likeness (QED) is 0.326. The molecule has 0 radical (unpaired) electrons. The normalized spacial score (nSPS) is 13.1. The summed E-state index contributed by atoms with van der Waals surface area (Å²) in [5, 5.41) is 17.1. The van der Waals surface area contributed by atoms with E-state index in [-0.39, 0.29) is 18.2 Å². The fraction of sp³-hybridized carbons (Fsp3) is 0.333.